The maximum absolute atomic E-state index is 13.1. The summed E-state index contributed by atoms with van der Waals surface area (Å²) >= 11 is 0. The van der Waals surface area contributed by atoms with E-state index in [0.29, 0.717) is 6.42 Å². The molecule has 4 nitrogen and oxygen atoms in total. The molecule has 1 aromatic carbocycles. The Morgan fingerprint density at radius 1 is 1.17 bits per heavy atom. The lowest BCUT2D eigenvalue weighted by Crippen LogP contribution is -2.32. The summed E-state index contributed by atoms with van der Waals surface area (Å²) in [5.74, 6) is 1.39. The van der Waals surface area contributed by atoms with Gasteiger partial charge in [-0.1, -0.05) is 17.3 Å². The van der Waals surface area contributed by atoms with E-state index in [2.05, 4.69) is 19.0 Å². The quantitative estimate of drug-likeness (QED) is 0.850. The molecule has 0 bridgehead atoms. The Morgan fingerprint density at radius 2 is 1.96 bits per heavy atom. The Balaban J connectivity index is 1.52. The molecule has 2 atom stereocenters. The molecule has 0 aliphatic carbocycles. The molecule has 24 heavy (non-hydrogen) atoms. The molecule has 2 aliphatic rings. The smallest absolute Gasteiger partial charge is 0.186 e. The number of fused-ring (bicyclic) bond motifs is 1. The summed E-state index contributed by atoms with van der Waals surface area (Å²) in [7, 11) is 0. The molecule has 1 aromatic heterocycles. The third-order valence-electron chi connectivity index (χ3n) is 4.57. The van der Waals surface area contributed by atoms with Gasteiger partial charge in [-0.15, -0.1) is 0 Å². The third kappa shape index (κ3) is 2.50. The average Bonchev–Trinajstić information content (AvgIpc) is 3.25. The van der Waals surface area contributed by atoms with Crippen LogP contribution in [-0.2, 0) is 15.0 Å². The fourth-order valence-corrected chi connectivity index (χ4v) is 3.06. The Bertz CT molecular complexity index is 791. The molecule has 0 spiro atoms. The van der Waals surface area contributed by atoms with E-state index in [1.165, 1.54) is 12.1 Å². The maximum atomic E-state index is 13.1. The van der Waals surface area contributed by atoms with Crippen molar-refractivity contribution in [1.82, 2.24) is 0 Å². The molecule has 3 heterocycles. The largest absolute Gasteiger partial charge is 0.489 e. The van der Waals surface area contributed by atoms with Gasteiger partial charge in [0.2, 0.25) is 0 Å². The molecule has 0 radical (unpaired) electrons. The molecule has 2 aromatic rings. The van der Waals surface area contributed by atoms with E-state index < -0.39 is 0 Å². The van der Waals surface area contributed by atoms with Crippen LogP contribution in [0.1, 0.15) is 31.6 Å². The molecule has 4 rings (SSSR count). The second-order valence-corrected chi connectivity index (χ2v) is 6.61. The minimum absolute atomic E-state index is 0.133. The third-order valence-corrected chi connectivity index (χ3v) is 4.57. The standard InChI is InChI=1S/C19H18FNO3/c1-19(2,17-4-3-9-22-17)18-11-16-15(23-18)10-14(21-24-16)12-5-7-13(20)8-6-12/h3-9,11,15-16H,10H2,1-2H3. The van der Waals surface area contributed by atoms with Gasteiger partial charge in [0.15, 0.2) is 6.10 Å². The highest BCUT2D eigenvalue weighted by atomic mass is 19.1. The maximum Gasteiger partial charge on any atom is 0.186 e. The summed E-state index contributed by atoms with van der Waals surface area (Å²) in [6.07, 6.45) is 3.90. The van der Waals surface area contributed by atoms with E-state index in [1.54, 1.807) is 18.4 Å². The zero-order valence-corrected chi connectivity index (χ0v) is 13.5. The molecule has 0 fully saturated rings. The Morgan fingerprint density at radius 3 is 2.67 bits per heavy atom. The van der Waals surface area contributed by atoms with E-state index in [4.69, 9.17) is 14.0 Å². The number of hydrogen-bond acceptors (Lipinski definition) is 4. The lowest BCUT2D eigenvalue weighted by atomic mass is 9.87. The Labute approximate surface area is 139 Å². The first-order chi connectivity index (χ1) is 11.5. The summed E-state index contributed by atoms with van der Waals surface area (Å²) < 4.78 is 24.8. The van der Waals surface area contributed by atoms with Crippen molar-refractivity contribution in [1.29, 1.82) is 0 Å². The molecule has 0 N–H and O–H groups in total. The van der Waals surface area contributed by atoms with Crippen LogP contribution in [0.4, 0.5) is 4.39 Å². The number of rotatable bonds is 3. The van der Waals surface area contributed by atoms with Crippen molar-refractivity contribution in [2.24, 2.45) is 5.16 Å². The lowest BCUT2D eigenvalue weighted by Gasteiger charge is -2.27. The highest BCUT2D eigenvalue weighted by Crippen LogP contribution is 2.39. The van der Waals surface area contributed by atoms with Gasteiger partial charge in [0, 0.05) is 12.5 Å². The molecule has 0 amide bonds. The molecule has 0 saturated heterocycles. The van der Waals surface area contributed by atoms with Gasteiger partial charge >= 0.3 is 0 Å². The van der Waals surface area contributed by atoms with Crippen molar-refractivity contribution in [3.8, 4) is 0 Å². The minimum atomic E-state index is -0.375. The fraction of sp³-hybridized carbons (Fsp3) is 0.316. The zero-order chi connectivity index (χ0) is 16.7. The number of oxime groups is 1. The molecule has 2 unspecified atom stereocenters. The van der Waals surface area contributed by atoms with Crippen molar-refractivity contribution in [3.05, 3.63) is 71.6 Å². The highest BCUT2D eigenvalue weighted by Gasteiger charge is 2.42. The van der Waals surface area contributed by atoms with Crippen LogP contribution in [0.3, 0.4) is 0 Å². The van der Waals surface area contributed by atoms with Crippen molar-refractivity contribution >= 4 is 5.71 Å². The van der Waals surface area contributed by atoms with Gasteiger partial charge in [-0.2, -0.15) is 0 Å². The molecule has 124 valence electrons. The van der Waals surface area contributed by atoms with Crippen LogP contribution < -0.4 is 0 Å². The first-order valence-corrected chi connectivity index (χ1v) is 7.95. The molecule has 0 saturated carbocycles. The number of benzene rings is 1. The van der Waals surface area contributed by atoms with Gasteiger partial charge in [-0.25, -0.2) is 4.39 Å². The van der Waals surface area contributed by atoms with Crippen LogP contribution in [0.5, 0.6) is 0 Å². The zero-order valence-electron chi connectivity index (χ0n) is 13.5. The van der Waals surface area contributed by atoms with E-state index in [1.807, 2.05) is 18.2 Å². The highest BCUT2D eigenvalue weighted by molar-refractivity contribution is 6.00. The topological polar surface area (TPSA) is 44.0 Å². The lowest BCUT2D eigenvalue weighted by molar-refractivity contribution is -0.0138. The van der Waals surface area contributed by atoms with Gasteiger partial charge in [0.1, 0.15) is 23.4 Å². The van der Waals surface area contributed by atoms with Crippen LogP contribution in [-0.4, -0.2) is 17.9 Å². The van der Waals surface area contributed by atoms with Crippen molar-refractivity contribution in [3.63, 3.8) is 0 Å². The number of nitrogens with zero attached hydrogens (tertiary/aromatic N) is 1. The van der Waals surface area contributed by atoms with Crippen LogP contribution in [0, 0.1) is 5.82 Å². The summed E-state index contributed by atoms with van der Waals surface area (Å²) in [6, 6.07) is 10.0. The summed E-state index contributed by atoms with van der Waals surface area (Å²) in [5, 5.41) is 4.20. The van der Waals surface area contributed by atoms with Gasteiger partial charge in [0.25, 0.3) is 0 Å². The predicted molar refractivity (Wildman–Crippen MR) is 87.1 cm³/mol. The second kappa shape index (κ2) is 5.51. The normalized spacial score (nSPS) is 23.0. The van der Waals surface area contributed by atoms with Gasteiger partial charge < -0.3 is 14.0 Å². The first-order valence-electron chi connectivity index (χ1n) is 7.95. The molecular formula is C19H18FNO3. The number of allylic oxidation sites excluding steroid dienone is 1. The van der Waals surface area contributed by atoms with E-state index in [9.17, 15) is 4.39 Å². The van der Waals surface area contributed by atoms with Crippen molar-refractivity contribution < 1.29 is 18.4 Å². The number of furan rings is 1. The van der Waals surface area contributed by atoms with E-state index in [-0.39, 0.29) is 23.4 Å². The Hall–Kier alpha value is -2.56. The first kappa shape index (κ1) is 15.0. The number of hydrogen-bond donors (Lipinski definition) is 0. The van der Waals surface area contributed by atoms with Crippen molar-refractivity contribution in [2.75, 3.05) is 0 Å². The van der Waals surface area contributed by atoms with Crippen molar-refractivity contribution in [2.45, 2.75) is 37.9 Å². The predicted octanol–water partition coefficient (Wildman–Crippen LogP) is 4.17. The molecular weight excluding hydrogens is 309 g/mol. The monoisotopic (exact) mass is 327 g/mol. The van der Waals surface area contributed by atoms with Gasteiger partial charge in [-0.3, -0.25) is 0 Å². The van der Waals surface area contributed by atoms with Crippen LogP contribution in [0.2, 0.25) is 0 Å². The summed E-state index contributed by atoms with van der Waals surface area (Å²) in [6.45, 7) is 4.10. The molecule has 5 heteroatoms. The number of halogens is 1. The summed E-state index contributed by atoms with van der Waals surface area (Å²) in [5.41, 5.74) is 1.24. The van der Waals surface area contributed by atoms with Gasteiger partial charge in [-0.05, 0) is 43.7 Å². The molecule has 2 aliphatic heterocycles. The van der Waals surface area contributed by atoms with Crippen LogP contribution in [0.25, 0.3) is 0 Å². The summed E-state index contributed by atoms with van der Waals surface area (Å²) in [4.78, 5) is 5.60. The van der Waals surface area contributed by atoms with E-state index >= 15 is 0 Å². The second-order valence-electron chi connectivity index (χ2n) is 6.61. The fourth-order valence-electron chi connectivity index (χ4n) is 3.06. The van der Waals surface area contributed by atoms with Crippen LogP contribution >= 0.6 is 0 Å². The SMILES string of the molecule is CC(C)(C1=CC2ON=C(c3ccc(F)cc3)CC2O1)c1ccco1. The number of ether oxygens (including phenoxy) is 1. The van der Waals surface area contributed by atoms with E-state index in [0.717, 1.165) is 22.8 Å². The average molecular weight is 327 g/mol. The van der Waals surface area contributed by atoms with Crippen LogP contribution in [0.15, 0.2) is 64.1 Å². The Kier molecular flexibility index (Phi) is 3.44. The minimum Gasteiger partial charge on any atom is -0.489 e. The van der Waals surface area contributed by atoms with Gasteiger partial charge in [0.05, 0.1) is 17.4 Å².